The molecule has 0 radical (unpaired) electrons. The molecular formula is C54H38N2O. The molecule has 0 N–H and O–H groups in total. The smallest absolute Gasteiger partial charge is 0.137 e. The summed E-state index contributed by atoms with van der Waals surface area (Å²) < 4.78 is 6.35. The van der Waals surface area contributed by atoms with Crippen LogP contribution in [0.15, 0.2) is 223 Å². The average molecular weight is 731 g/mol. The van der Waals surface area contributed by atoms with Gasteiger partial charge in [0.05, 0.1) is 6.04 Å². The third-order valence-corrected chi connectivity index (χ3v) is 11.6. The lowest BCUT2D eigenvalue weighted by Gasteiger charge is -2.30. The summed E-state index contributed by atoms with van der Waals surface area (Å²) >= 11 is 0. The van der Waals surface area contributed by atoms with Crippen molar-refractivity contribution in [1.82, 2.24) is 0 Å². The van der Waals surface area contributed by atoms with E-state index in [2.05, 4.69) is 216 Å². The number of hydrogen-bond donors (Lipinski definition) is 0. The highest BCUT2D eigenvalue weighted by Gasteiger charge is 2.37. The minimum atomic E-state index is 0.258. The van der Waals surface area contributed by atoms with E-state index in [1.165, 1.54) is 50.3 Å². The van der Waals surface area contributed by atoms with Gasteiger partial charge in [-0.05, 0) is 88.0 Å². The maximum atomic E-state index is 6.35. The number of nitrogens with zero attached hydrogens (tertiary/aromatic N) is 2. The van der Waals surface area contributed by atoms with Gasteiger partial charge in [0.1, 0.15) is 11.2 Å². The van der Waals surface area contributed by atoms with E-state index in [0.29, 0.717) is 5.92 Å². The van der Waals surface area contributed by atoms with Crippen LogP contribution >= 0.6 is 0 Å². The van der Waals surface area contributed by atoms with Crippen LogP contribution in [0.4, 0.5) is 28.4 Å². The molecule has 3 nitrogen and oxygen atoms in total. The topological polar surface area (TPSA) is 19.6 Å². The highest BCUT2D eigenvalue weighted by atomic mass is 16.3. The first-order valence-electron chi connectivity index (χ1n) is 19.7. The Morgan fingerprint density at radius 1 is 0.404 bits per heavy atom. The summed E-state index contributed by atoms with van der Waals surface area (Å²) in [6.07, 6.45) is 9.04. The minimum Gasteiger partial charge on any atom is -0.456 e. The molecular weight excluding hydrogens is 693 g/mol. The van der Waals surface area contributed by atoms with E-state index < -0.39 is 0 Å². The maximum absolute atomic E-state index is 6.35. The van der Waals surface area contributed by atoms with E-state index in [4.69, 9.17) is 4.42 Å². The first kappa shape index (κ1) is 33.0. The molecule has 2 atom stereocenters. The highest BCUT2D eigenvalue weighted by Crippen LogP contribution is 2.50. The average Bonchev–Trinajstić information content (AvgIpc) is 3.83. The van der Waals surface area contributed by atoms with Crippen LogP contribution in [0.25, 0.3) is 55.3 Å². The Kier molecular flexibility index (Phi) is 7.96. The van der Waals surface area contributed by atoms with Crippen LogP contribution in [0.2, 0.25) is 0 Å². The zero-order chi connectivity index (χ0) is 37.7. The zero-order valence-corrected chi connectivity index (χ0v) is 31.2. The first-order chi connectivity index (χ1) is 28.3. The molecule has 0 bridgehead atoms. The van der Waals surface area contributed by atoms with Gasteiger partial charge in [-0.2, -0.15) is 0 Å². The van der Waals surface area contributed by atoms with Gasteiger partial charge in [-0.3, -0.25) is 0 Å². The second-order valence-corrected chi connectivity index (χ2v) is 14.9. The van der Waals surface area contributed by atoms with Crippen molar-refractivity contribution < 1.29 is 4.42 Å². The normalized spacial score (nSPS) is 15.5. The number of anilines is 5. The molecule has 1 aromatic heterocycles. The number of hydrogen-bond acceptors (Lipinski definition) is 3. The quantitative estimate of drug-likeness (QED) is 0.163. The molecule has 1 aliphatic carbocycles. The fourth-order valence-corrected chi connectivity index (χ4v) is 8.88. The van der Waals surface area contributed by atoms with Gasteiger partial charge in [0.2, 0.25) is 0 Å². The van der Waals surface area contributed by atoms with E-state index in [1.54, 1.807) is 0 Å². The SMILES string of the molecule is C1=CC2c3ccccc3N(c3ccccc3-c3ccc(-c4ccc(N(c5ccc(-c6ccccc6)cc5)c5ccc6c(c5)oc5ccccc56)cc4)cc3)C2C=C1. The van der Waals surface area contributed by atoms with Crippen LogP contribution in [0, 0.1) is 0 Å². The minimum absolute atomic E-state index is 0.258. The second kappa shape index (κ2) is 13.7. The van der Waals surface area contributed by atoms with Gasteiger partial charge in [-0.15, -0.1) is 0 Å². The van der Waals surface area contributed by atoms with Crippen molar-refractivity contribution in [1.29, 1.82) is 0 Å². The zero-order valence-electron chi connectivity index (χ0n) is 31.2. The lowest BCUT2D eigenvalue weighted by molar-refractivity contribution is 0.669. The Morgan fingerprint density at radius 2 is 0.947 bits per heavy atom. The number of fused-ring (bicyclic) bond motifs is 6. The molecule has 0 saturated heterocycles. The van der Waals surface area contributed by atoms with Crippen LogP contribution in [0.5, 0.6) is 0 Å². The Morgan fingerprint density at radius 3 is 1.70 bits per heavy atom. The van der Waals surface area contributed by atoms with Crippen molar-refractivity contribution in [2.45, 2.75) is 12.0 Å². The van der Waals surface area contributed by atoms with Gasteiger partial charge in [0.25, 0.3) is 0 Å². The highest BCUT2D eigenvalue weighted by molar-refractivity contribution is 6.06. The molecule has 2 unspecified atom stereocenters. The van der Waals surface area contributed by atoms with Crippen molar-refractivity contribution in [3.63, 3.8) is 0 Å². The molecule has 0 amide bonds. The van der Waals surface area contributed by atoms with Gasteiger partial charge in [-0.25, -0.2) is 0 Å². The molecule has 11 rings (SSSR count). The molecule has 2 heterocycles. The molecule has 1 aliphatic heterocycles. The fourth-order valence-electron chi connectivity index (χ4n) is 8.88. The van der Waals surface area contributed by atoms with Crippen LogP contribution in [0.1, 0.15) is 11.5 Å². The van der Waals surface area contributed by atoms with E-state index in [-0.39, 0.29) is 6.04 Å². The molecule has 0 spiro atoms. The molecule has 3 heteroatoms. The second-order valence-electron chi connectivity index (χ2n) is 14.9. The van der Waals surface area contributed by atoms with Gasteiger partial charge >= 0.3 is 0 Å². The predicted molar refractivity (Wildman–Crippen MR) is 238 cm³/mol. The summed E-state index contributed by atoms with van der Waals surface area (Å²) in [5.41, 5.74) is 16.0. The number of furan rings is 1. The van der Waals surface area contributed by atoms with Gasteiger partial charge < -0.3 is 14.2 Å². The molecule has 270 valence electrons. The number of para-hydroxylation sites is 3. The number of benzene rings is 8. The van der Waals surface area contributed by atoms with Crippen molar-refractivity contribution in [3.8, 4) is 33.4 Å². The number of allylic oxidation sites excluding steroid dienone is 2. The monoisotopic (exact) mass is 730 g/mol. The molecule has 57 heavy (non-hydrogen) atoms. The molecule has 0 saturated carbocycles. The number of rotatable bonds is 7. The van der Waals surface area contributed by atoms with Crippen LogP contribution in [-0.4, -0.2) is 6.04 Å². The summed E-state index contributed by atoms with van der Waals surface area (Å²) in [5, 5.41) is 2.25. The van der Waals surface area contributed by atoms with E-state index in [9.17, 15) is 0 Å². The largest absolute Gasteiger partial charge is 0.456 e. The van der Waals surface area contributed by atoms with Crippen LogP contribution in [-0.2, 0) is 0 Å². The Bertz CT molecular complexity index is 2960. The first-order valence-corrected chi connectivity index (χ1v) is 19.7. The molecule has 8 aromatic carbocycles. The Hall–Kier alpha value is -7.36. The standard InChI is InChI=1S/C54H38N2O/c1-2-12-37(13-3-1)39-26-30-42(31-27-39)55(44-34-35-49-48-17-7-11-21-53(48)57-54(49)36-44)43-32-28-40(29-33-43)38-22-24-41(25-23-38)45-14-4-8-18-50(45)56-51-19-9-5-15-46(51)47-16-6-10-20-52(47)56/h1-36,46,51H. The third kappa shape index (κ3) is 5.75. The maximum Gasteiger partial charge on any atom is 0.137 e. The van der Waals surface area contributed by atoms with E-state index in [1.807, 2.05) is 12.1 Å². The summed E-state index contributed by atoms with van der Waals surface area (Å²) in [5.74, 6) is 0.349. The Balaban J connectivity index is 0.927. The van der Waals surface area contributed by atoms with Crippen molar-refractivity contribution in [2.75, 3.05) is 9.80 Å². The van der Waals surface area contributed by atoms with Gasteiger partial charge in [-0.1, -0.05) is 158 Å². The molecule has 9 aromatic rings. The van der Waals surface area contributed by atoms with Crippen LogP contribution in [0.3, 0.4) is 0 Å². The van der Waals surface area contributed by atoms with Crippen molar-refractivity contribution >= 4 is 50.4 Å². The summed E-state index contributed by atoms with van der Waals surface area (Å²) in [6.45, 7) is 0. The Labute approximate surface area is 332 Å². The van der Waals surface area contributed by atoms with E-state index in [0.717, 1.165) is 39.0 Å². The van der Waals surface area contributed by atoms with Crippen LogP contribution < -0.4 is 9.80 Å². The fraction of sp³-hybridized carbons (Fsp3) is 0.0370. The summed E-state index contributed by atoms with van der Waals surface area (Å²) in [4.78, 5) is 4.83. The van der Waals surface area contributed by atoms with Gasteiger partial charge in [0.15, 0.2) is 0 Å². The van der Waals surface area contributed by atoms with Crippen molar-refractivity contribution in [2.24, 2.45) is 0 Å². The summed E-state index contributed by atoms with van der Waals surface area (Å²) in [7, 11) is 0. The third-order valence-electron chi connectivity index (χ3n) is 11.6. The molecule has 2 aliphatic rings. The lowest BCUT2D eigenvalue weighted by atomic mass is 9.91. The lowest BCUT2D eigenvalue weighted by Crippen LogP contribution is -2.28. The van der Waals surface area contributed by atoms with Gasteiger partial charge in [0, 0.05) is 56.8 Å². The van der Waals surface area contributed by atoms with E-state index >= 15 is 0 Å². The molecule has 0 fully saturated rings. The van der Waals surface area contributed by atoms with Crippen molar-refractivity contribution in [3.05, 3.63) is 224 Å². The predicted octanol–water partition coefficient (Wildman–Crippen LogP) is 14.8. The summed E-state index contributed by atoms with van der Waals surface area (Å²) in [6, 6.07) is 70.0.